The van der Waals surface area contributed by atoms with Crippen molar-refractivity contribution in [1.29, 1.82) is 0 Å². The Kier molecular flexibility index (Phi) is 5.71. The Morgan fingerprint density at radius 3 is 2.94 bits per heavy atom. The van der Waals surface area contributed by atoms with Crippen molar-refractivity contribution < 1.29 is 5.11 Å². The van der Waals surface area contributed by atoms with Gasteiger partial charge in [-0.25, -0.2) is 4.99 Å². The number of benzene rings is 1. The molecule has 0 aliphatic rings. The molecule has 0 heterocycles. The second-order valence-corrected chi connectivity index (χ2v) is 4.13. The van der Waals surface area contributed by atoms with Gasteiger partial charge in [-0.1, -0.05) is 31.7 Å². The van der Waals surface area contributed by atoms with E-state index in [0.717, 1.165) is 17.7 Å². The topological polar surface area (TPSA) is 35.8 Å². The molecule has 1 rings (SSSR count). The van der Waals surface area contributed by atoms with Gasteiger partial charge in [0, 0.05) is 13.6 Å². The van der Waals surface area contributed by atoms with Crippen molar-refractivity contribution in [2.24, 2.45) is 4.99 Å². The molecule has 0 spiro atoms. The monoisotopic (exact) mass is 244 g/mol. The van der Waals surface area contributed by atoms with Gasteiger partial charge in [0.25, 0.3) is 0 Å². The summed E-state index contributed by atoms with van der Waals surface area (Å²) in [5, 5.41) is 9.37. The summed E-state index contributed by atoms with van der Waals surface area (Å²) in [6.45, 7) is 6.60. The lowest BCUT2D eigenvalue weighted by atomic mass is 10.2. The Balaban J connectivity index is 2.51. The average molecular weight is 244 g/mol. The van der Waals surface area contributed by atoms with E-state index in [-0.39, 0.29) is 5.75 Å². The van der Waals surface area contributed by atoms with Crippen LogP contribution < -0.4 is 0 Å². The molecule has 0 amide bonds. The van der Waals surface area contributed by atoms with E-state index in [1.165, 1.54) is 0 Å². The zero-order valence-electron chi connectivity index (χ0n) is 11.0. The molecule has 0 radical (unpaired) electrons. The highest BCUT2D eigenvalue weighted by molar-refractivity contribution is 5.57. The fraction of sp³-hybridized carbons (Fsp3) is 0.267. The van der Waals surface area contributed by atoms with Gasteiger partial charge in [0.05, 0.1) is 12.0 Å². The molecule has 0 aliphatic heterocycles. The number of nitrogens with zero attached hydrogens (tertiary/aromatic N) is 2. The van der Waals surface area contributed by atoms with Crippen LogP contribution in [0.25, 0.3) is 0 Å². The molecule has 3 heteroatoms. The molecule has 0 fully saturated rings. The molecular formula is C15H20N2O. The first-order valence-electron chi connectivity index (χ1n) is 5.99. The lowest BCUT2D eigenvalue weighted by molar-refractivity contribution is 0.470. The maximum atomic E-state index is 9.37. The Hall–Kier alpha value is -2.03. The summed E-state index contributed by atoms with van der Waals surface area (Å²) in [5.74, 6) is 0.285. The van der Waals surface area contributed by atoms with Gasteiger partial charge >= 0.3 is 0 Å². The van der Waals surface area contributed by atoms with Crippen LogP contribution >= 0.6 is 0 Å². The first kappa shape index (κ1) is 14.0. The Bertz CT molecular complexity index is 450. The van der Waals surface area contributed by atoms with Crippen molar-refractivity contribution in [2.45, 2.75) is 19.9 Å². The highest BCUT2D eigenvalue weighted by Crippen LogP contribution is 2.11. The van der Waals surface area contributed by atoms with Crippen LogP contribution in [0.15, 0.2) is 53.7 Å². The van der Waals surface area contributed by atoms with Gasteiger partial charge in [0.2, 0.25) is 0 Å². The van der Waals surface area contributed by atoms with Crippen molar-refractivity contribution in [3.8, 4) is 5.75 Å². The molecule has 1 N–H and O–H groups in total. The molecule has 96 valence electrons. The third-order valence-electron chi connectivity index (χ3n) is 2.31. The van der Waals surface area contributed by atoms with E-state index >= 15 is 0 Å². The first-order chi connectivity index (χ1) is 8.61. The third-order valence-corrected chi connectivity index (χ3v) is 2.31. The maximum absolute atomic E-state index is 9.37. The molecule has 0 unspecified atom stereocenters. The lowest BCUT2D eigenvalue weighted by Crippen LogP contribution is -2.15. The van der Waals surface area contributed by atoms with E-state index in [9.17, 15) is 5.11 Å². The number of allylic oxidation sites excluding steroid dienone is 2. The third kappa shape index (κ3) is 5.34. The molecule has 0 aromatic heterocycles. The van der Waals surface area contributed by atoms with E-state index in [1.54, 1.807) is 18.5 Å². The van der Waals surface area contributed by atoms with Gasteiger partial charge in [-0.2, -0.15) is 0 Å². The highest BCUT2D eigenvalue weighted by Gasteiger charge is 1.97. The number of phenols is 1. The van der Waals surface area contributed by atoms with Crippen molar-refractivity contribution in [1.82, 2.24) is 4.90 Å². The average Bonchev–Trinajstić information content (AvgIpc) is 2.34. The molecule has 0 atom stereocenters. The molecule has 18 heavy (non-hydrogen) atoms. The molecule has 1 aromatic rings. The molecule has 1 aromatic carbocycles. The van der Waals surface area contributed by atoms with Crippen LogP contribution in [0.2, 0.25) is 0 Å². The number of hydrogen-bond acceptors (Lipinski definition) is 2. The fourth-order valence-corrected chi connectivity index (χ4v) is 1.45. The molecule has 0 aliphatic carbocycles. The summed E-state index contributed by atoms with van der Waals surface area (Å²) in [4.78, 5) is 6.18. The zero-order valence-corrected chi connectivity index (χ0v) is 11.0. The van der Waals surface area contributed by atoms with Crippen LogP contribution in [-0.2, 0) is 6.54 Å². The normalized spacial score (nSPS) is 11.2. The SMILES string of the molecule is C=C(/C=C/CC)/N=C\N(C)Cc1cccc(O)c1. The van der Waals surface area contributed by atoms with E-state index in [2.05, 4.69) is 18.5 Å². The highest BCUT2D eigenvalue weighted by atomic mass is 16.3. The summed E-state index contributed by atoms with van der Waals surface area (Å²) in [6, 6.07) is 7.21. The fourth-order valence-electron chi connectivity index (χ4n) is 1.45. The van der Waals surface area contributed by atoms with Crippen molar-refractivity contribution in [2.75, 3.05) is 7.05 Å². The predicted octanol–water partition coefficient (Wildman–Crippen LogP) is 3.33. The van der Waals surface area contributed by atoms with Gasteiger partial charge in [-0.15, -0.1) is 0 Å². The first-order valence-corrected chi connectivity index (χ1v) is 5.99. The number of aliphatic imine (C=N–C) groups is 1. The molecule has 0 saturated heterocycles. The Morgan fingerprint density at radius 1 is 1.50 bits per heavy atom. The van der Waals surface area contributed by atoms with E-state index in [4.69, 9.17) is 0 Å². The van der Waals surface area contributed by atoms with E-state index in [0.29, 0.717) is 6.54 Å². The van der Waals surface area contributed by atoms with Gasteiger partial charge in [0.1, 0.15) is 5.75 Å². The van der Waals surface area contributed by atoms with Gasteiger partial charge in [-0.3, -0.25) is 0 Å². The number of rotatable bonds is 6. The van der Waals surface area contributed by atoms with Crippen molar-refractivity contribution in [3.63, 3.8) is 0 Å². The van der Waals surface area contributed by atoms with Crippen molar-refractivity contribution >= 4 is 6.34 Å². The van der Waals surface area contributed by atoms with Crippen LogP contribution in [0.3, 0.4) is 0 Å². The van der Waals surface area contributed by atoms with E-state index in [1.807, 2.05) is 36.2 Å². The molecule has 3 nitrogen and oxygen atoms in total. The van der Waals surface area contributed by atoms with Crippen LogP contribution in [0.4, 0.5) is 0 Å². The molecule has 0 bridgehead atoms. The summed E-state index contributed by atoms with van der Waals surface area (Å²) in [6.07, 6.45) is 6.65. The smallest absolute Gasteiger partial charge is 0.115 e. The largest absolute Gasteiger partial charge is 0.508 e. The number of hydrogen-bond donors (Lipinski definition) is 1. The van der Waals surface area contributed by atoms with Gasteiger partial charge in [0.15, 0.2) is 0 Å². The van der Waals surface area contributed by atoms with Crippen LogP contribution in [-0.4, -0.2) is 23.4 Å². The summed E-state index contributed by atoms with van der Waals surface area (Å²) in [5.41, 5.74) is 1.78. The van der Waals surface area contributed by atoms with Gasteiger partial charge < -0.3 is 10.0 Å². The van der Waals surface area contributed by atoms with Crippen molar-refractivity contribution in [3.05, 3.63) is 54.3 Å². The Morgan fingerprint density at radius 2 is 2.28 bits per heavy atom. The number of phenolic OH excluding ortho intramolecular Hbond substituents is 1. The van der Waals surface area contributed by atoms with E-state index < -0.39 is 0 Å². The van der Waals surface area contributed by atoms with Gasteiger partial charge in [-0.05, 0) is 30.2 Å². The predicted molar refractivity (Wildman–Crippen MR) is 76.6 cm³/mol. The maximum Gasteiger partial charge on any atom is 0.115 e. The summed E-state index contributed by atoms with van der Waals surface area (Å²) in [7, 11) is 1.93. The Labute approximate surface area is 109 Å². The van der Waals surface area contributed by atoms with Crippen LogP contribution in [0, 0.1) is 0 Å². The molecule has 0 saturated carbocycles. The zero-order chi connectivity index (χ0) is 13.4. The second kappa shape index (κ2) is 7.33. The lowest BCUT2D eigenvalue weighted by Gasteiger charge is -2.13. The van der Waals surface area contributed by atoms with Crippen LogP contribution in [0.5, 0.6) is 5.75 Å². The van der Waals surface area contributed by atoms with Crippen LogP contribution in [0.1, 0.15) is 18.9 Å². The standard InChI is InChI=1S/C15H20N2O/c1-4-5-7-13(2)16-12-17(3)11-14-8-6-9-15(18)10-14/h5-10,12,18H,2,4,11H2,1,3H3/b7-5+,16-12-. The summed E-state index contributed by atoms with van der Waals surface area (Å²) >= 11 is 0. The quantitative estimate of drug-likeness (QED) is 0.473. The minimum atomic E-state index is 0.285. The summed E-state index contributed by atoms with van der Waals surface area (Å²) < 4.78 is 0. The minimum absolute atomic E-state index is 0.285. The molecular weight excluding hydrogens is 224 g/mol. The number of aromatic hydroxyl groups is 1. The minimum Gasteiger partial charge on any atom is -0.508 e. The second-order valence-electron chi connectivity index (χ2n) is 4.13.